The molecule has 0 saturated carbocycles. The average molecular weight is 330 g/mol. The smallest absolute Gasteiger partial charge is 0.169 e. The maximum atomic E-state index is 13.0. The molecule has 2 atom stereocenters. The number of ether oxygens (including phenoxy) is 1. The third-order valence-electron chi connectivity index (χ3n) is 4.87. The third-order valence-corrected chi connectivity index (χ3v) is 4.87. The molecule has 24 heavy (non-hydrogen) atoms. The summed E-state index contributed by atoms with van der Waals surface area (Å²) in [7, 11) is 0. The lowest BCUT2D eigenvalue weighted by Gasteiger charge is -2.19. The summed E-state index contributed by atoms with van der Waals surface area (Å²) in [5.74, 6) is 0.861. The number of aromatic nitrogens is 2. The molecule has 5 heteroatoms. The Hall–Kier alpha value is -1.91. The highest BCUT2D eigenvalue weighted by molar-refractivity contribution is 6.03. The monoisotopic (exact) mass is 330 g/mol. The van der Waals surface area contributed by atoms with Crippen LogP contribution in [0.1, 0.15) is 75.6 Å². The number of carbonyl (C=O) groups excluding carboxylic acids is 1. The molecule has 2 unspecified atom stereocenters. The maximum Gasteiger partial charge on any atom is 0.169 e. The molecule has 0 radical (unpaired) electrons. The van der Waals surface area contributed by atoms with Crippen LogP contribution in [0.2, 0.25) is 0 Å². The highest BCUT2D eigenvalue weighted by atomic mass is 16.6. The van der Waals surface area contributed by atoms with E-state index in [9.17, 15) is 4.79 Å². The zero-order chi connectivity index (χ0) is 16.9. The lowest BCUT2D eigenvalue weighted by atomic mass is 9.87. The quantitative estimate of drug-likeness (QED) is 0.672. The minimum Gasteiger partial charge on any atom is -0.490 e. The fraction of sp³-hybridized carbons (Fsp3) is 0.632. The number of hydrogen-bond acceptors (Lipinski definition) is 5. The van der Waals surface area contributed by atoms with Gasteiger partial charge in [0, 0.05) is 12.0 Å². The highest BCUT2D eigenvalue weighted by Gasteiger charge is 2.31. The van der Waals surface area contributed by atoms with Crippen molar-refractivity contribution in [2.45, 2.75) is 71.3 Å². The molecule has 0 saturated heterocycles. The van der Waals surface area contributed by atoms with Gasteiger partial charge in [0.05, 0.1) is 11.7 Å². The van der Waals surface area contributed by atoms with Crippen molar-refractivity contribution in [3.63, 3.8) is 0 Å². The van der Waals surface area contributed by atoms with Crippen LogP contribution in [0, 0.1) is 5.92 Å². The van der Waals surface area contributed by atoms with Crippen LogP contribution in [0.5, 0.6) is 5.75 Å². The Morgan fingerprint density at radius 1 is 1.04 bits per heavy atom. The van der Waals surface area contributed by atoms with Gasteiger partial charge in [0.1, 0.15) is 16.8 Å². The lowest BCUT2D eigenvalue weighted by molar-refractivity contribution is 0.0881. The van der Waals surface area contributed by atoms with Crippen LogP contribution in [0.25, 0.3) is 11.0 Å². The Labute approximate surface area is 142 Å². The topological polar surface area (TPSA) is 65.2 Å². The number of hydrogen-bond donors (Lipinski definition) is 0. The molecule has 5 nitrogen and oxygen atoms in total. The number of benzene rings is 1. The van der Waals surface area contributed by atoms with Crippen molar-refractivity contribution in [2.75, 3.05) is 0 Å². The van der Waals surface area contributed by atoms with Crippen molar-refractivity contribution in [3.8, 4) is 5.75 Å². The van der Waals surface area contributed by atoms with E-state index in [0.29, 0.717) is 22.3 Å². The zero-order valence-corrected chi connectivity index (χ0v) is 14.6. The molecule has 130 valence electrons. The van der Waals surface area contributed by atoms with Gasteiger partial charge in [0.2, 0.25) is 0 Å². The molecule has 1 aliphatic rings. The maximum absolute atomic E-state index is 13.0. The van der Waals surface area contributed by atoms with Crippen molar-refractivity contribution in [3.05, 3.63) is 17.7 Å². The van der Waals surface area contributed by atoms with Crippen LogP contribution in [-0.2, 0) is 0 Å². The van der Waals surface area contributed by atoms with Gasteiger partial charge in [0.25, 0.3) is 0 Å². The van der Waals surface area contributed by atoms with E-state index < -0.39 is 0 Å². The van der Waals surface area contributed by atoms with Gasteiger partial charge >= 0.3 is 0 Å². The van der Waals surface area contributed by atoms with Gasteiger partial charge in [-0.1, -0.05) is 39.5 Å². The predicted octanol–water partition coefficient (Wildman–Crippen LogP) is 4.94. The van der Waals surface area contributed by atoms with Crippen LogP contribution in [-0.4, -0.2) is 22.2 Å². The van der Waals surface area contributed by atoms with E-state index >= 15 is 0 Å². The summed E-state index contributed by atoms with van der Waals surface area (Å²) in [5, 5.41) is 7.74. The molecule has 0 spiro atoms. The Bertz CT molecular complexity index is 695. The molecule has 0 N–H and O–H groups in total. The predicted molar refractivity (Wildman–Crippen MR) is 92.3 cm³/mol. The second kappa shape index (κ2) is 7.77. The van der Waals surface area contributed by atoms with E-state index in [1.54, 1.807) is 12.1 Å². The van der Waals surface area contributed by atoms with Gasteiger partial charge < -0.3 is 4.74 Å². The molecule has 3 rings (SSSR count). The highest BCUT2D eigenvalue weighted by Crippen LogP contribution is 2.35. The fourth-order valence-corrected chi connectivity index (χ4v) is 3.47. The van der Waals surface area contributed by atoms with Crippen LogP contribution < -0.4 is 4.74 Å². The first-order valence-corrected chi connectivity index (χ1v) is 9.20. The standard InChI is InChI=1S/C19H26N2O3/c1-3-5-7-9-14-10-13(8-6-4-2)19(22)15-11-16-17(21-24-20-16)12-18(15)23-14/h11-14H,3-10H2,1-2H3. The van der Waals surface area contributed by atoms with Crippen LogP contribution in [0.15, 0.2) is 16.8 Å². The molecule has 1 aromatic heterocycles. The third kappa shape index (κ3) is 3.60. The molecular weight excluding hydrogens is 304 g/mol. The van der Waals surface area contributed by atoms with Crippen molar-refractivity contribution in [2.24, 2.45) is 5.92 Å². The second-order valence-corrected chi connectivity index (χ2v) is 6.78. The summed E-state index contributed by atoms with van der Waals surface area (Å²) in [6.45, 7) is 4.36. The van der Waals surface area contributed by atoms with E-state index in [4.69, 9.17) is 9.37 Å². The number of rotatable bonds is 7. The van der Waals surface area contributed by atoms with E-state index in [-0.39, 0.29) is 17.8 Å². The van der Waals surface area contributed by atoms with E-state index in [1.165, 1.54) is 12.8 Å². The van der Waals surface area contributed by atoms with Crippen molar-refractivity contribution in [1.82, 2.24) is 10.3 Å². The Morgan fingerprint density at radius 2 is 1.79 bits per heavy atom. The van der Waals surface area contributed by atoms with Gasteiger partial charge in [-0.05, 0) is 42.1 Å². The fourth-order valence-electron chi connectivity index (χ4n) is 3.47. The molecule has 0 bridgehead atoms. The second-order valence-electron chi connectivity index (χ2n) is 6.78. The molecular formula is C19H26N2O3. The molecule has 1 aromatic carbocycles. The van der Waals surface area contributed by atoms with Crippen molar-refractivity contribution < 1.29 is 14.2 Å². The van der Waals surface area contributed by atoms with Crippen LogP contribution in [0.3, 0.4) is 0 Å². The molecule has 2 aromatic rings. The number of fused-ring (bicyclic) bond motifs is 2. The summed E-state index contributed by atoms with van der Waals surface area (Å²) < 4.78 is 11.0. The number of ketones is 1. The summed E-state index contributed by atoms with van der Waals surface area (Å²) in [5.41, 5.74) is 1.89. The van der Waals surface area contributed by atoms with Gasteiger partial charge in [-0.3, -0.25) is 4.79 Å². The number of carbonyl (C=O) groups is 1. The minimum absolute atomic E-state index is 0.0372. The average Bonchev–Trinajstić information content (AvgIpc) is 2.99. The number of nitrogens with zero attached hydrogens (tertiary/aromatic N) is 2. The first-order valence-electron chi connectivity index (χ1n) is 9.20. The zero-order valence-electron chi connectivity index (χ0n) is 14.6. The van der Waals surface area contributed by atoms with Gasteiger partial charge in [-0.25, -0.2) is 4.63 Å². The first kappa shape index (κ1) is 16.9. The molecule has 0 fully saturated rings. The van der Waals surface area contributed by atoms with Crippen molar-refractivity contribution in [1.29, 1.82) is 0 Å². The van der Waals surface area contributed by atoms with E-state index in [0.717, 1.165) is 38.5 Å². The van der Waals surface area contributed by atoms with E-state index in [2.05, 4.69) is 24.2 Å². The minimum atomic E-state index is 0.0372. The first-order chi connectivity index (χ1) is 11.7. The Morgan fingerprint density at radius 3 is 2.54 bits per heavy atom. The van der Waals surface area contributed by atoms with E-state index in [1.807, 2.05) is 0 Å². The summed E-state index contributed by atoms with van der Waals surface area (Å²) in [6, 6.07) is 3.57. The Kier molecular flexibility index (Phi) is 5.48. The molecule has 2 heterocycles. The lowest BCUT2D eigenvalue weighted by Crippen LogP contribution is -2.21. The number of unbranched alkanes of at least 4 members (excludes halogenated alkanes) is 3. The van der Waals surface area contributed by atoms with Gasteiger partial charge in [-0.2, -0.15) is 0 Å². The largest absolute Gasteiger partial charge is 0.490 e. The number of Topliss-reactive ketones (excluding diaryl/α,β-unsaturated/α-hetero) is 1. The van der Waals surface area contributed by atoms with Gasteiger partial charge in [0.15, 0.2) is 5.78 Å². The summed E-state index contributed by atoms with van der Waals surface area (Å²) in [4.78, 5) is 13.0. The van der Waals surface area contributed by atoms with Gasteiger partial charge in [-0.15, -0.1) is 0 Å². The van der Waals surface area contributed by atoms with Crippen LogP contribution in [0.4, 0.5) is 0 Å². The Balaban J connectivity index is 1.90. The summed E-state index contributed by atoms with van der Waals surface area (Å²) >= 11 is 0. The molecule has 0 aliphatic carbocycles. The normalized spacial score (nSPS) is 20.7. The molecule has 1 aliphatic heterocycles. The SMILES string of the molecule is CCCCCC1CC(CCCC)C(=O)c2cc3nonc3cc2O1. The molecule has 0 amide bonds. The summed E-state index contributed by atoms with van der Waals surface area (Å²) in [6.07, 6.45) is 8.53. The van der Waals surface area contributed by atoms with Crippen LogP contribution >= 0.6 is 0 Å². The van der Waals surface area contributed by atoms with Crippen molar-refractivity contribution >= 4 is 16.8 Å².